The minimum Gasteiger partial charge on any atom is -0.493 e. The molecule has 3 rings (SSSR count). The number of methoxy groups -OCH3 is 1. The lowest BCUT2D eigenvalue weighted by molar-refractivity contribution is 0.374. The minimum absolute atomic E-state index is 0.513. The number of aromatic nitrogens is 2. The van der Waals surface area contributed by atoms with E-state index in [1.807, 2.05) is 61.5 Å². The van der Waals surface area contributed by atoms with Gasteiger partial charge in [-0.1, -0.05) is 18.2 Å². The molecule has 0 spiro atoms. The molecule has 0 fully saturated rings. The first kappa shape index (κ1) is 15.8. The van der Waals surface area contributed by atoms with Crippen molar-refractivity contribution in [1.29, 1.82) is 0 Å². The molecule has 0 saturated carbocycles. The summed E-state index contributed by atoms with van der Waals surface area (Å²) in [7, 11) is 1.61. The van der Waals surface area contributed by atoms with Gasteiger partial charge >= 0.3 is 0 Å². The van der Waals surface area contributed by atoms with E-state index in [0.717, 1.165) is 17.1 Å². The Kier molecular flexibility index (Phi) is 4.91. The van der Waals surface area contributed by atoms with Gasteiger partial charge < -0.3 is 14.8 Å². The van der Waals surface area contributed by atoms with Crippen molar-refractivity contribution in [2.24, 2.45) is 0 Å². The van der Waals surface area contributed by atoms with Crippen molar-refractivity contribution in [2.75, 3.05) is 12.4 Å². The highest BCUT2D eigenvalue weighted by molar-refractivity contribution is 5.45. The van der Waals surface area contributed by atoms with Crippen molar-refractivity contribution in [2.45, 2.75) is 13.5 Å². The van der Waals surface area contributed by atoms with Crippen molar-refractivity contribution < 1.29 is 9.47 Å². The van der Waals surface area contributed by atoms with E-state index in [-0.39, 0.29) is 0 Å². The molecule has 5 nitrogen and oxygen atoms in total. The minimum atomic E-state index is 0.513. The van der Waals surface area contributed by atoms with Gasteiger partial charge in [0.2, 0.25) is 5.88 Å². The smallest absolute Gasteiger partial charge is 0.219 e. The Bertz CT molecular complexity index is 804. The van der Waals surface area contributed by atoms with Gasteiger partial charge in [-0.05, 0) is 37.3 Å². The number of rotatable bonds is 6. The highest BCUT2D eigenvalue weighted by atomic mass is 16.5. The van der Waals surface area contributed by atoms with Crippen LogP contribution in [0.2, 0.25) is 0 Å². The van der Waals surface area contributed by atoms with Gasteiger partial charge in [0, 0.05) is 11.8 Å². The summed E-state index contributed by atoms with van der Waals surface area (Å²) < 4.78 is 11.0. The number of anilines is 1. The second-order valence-corrected chi connectivity index (χ2v) is 5.26. The van der Waals surface area contributed by atoms with Crippen LogP contribution in [-0.4, -0.2) is 17.1 Å². The molecule has 0 saturated heterocycles. The SMILES string of the molecule is COc1ccccc1Oc1ccc(NCc2cccc(C)n2)cn1. The Balaban J connectivity index is 1.63. The van der Waals surface area contributed by atoms with Crippen LogP contribution in [0.15, 0.2) is 60.8 Å². The summed E-state index contributed by atoms with van der Waals surface area (Å²) in [6, 6.07) is 17.2. The third-order valence-electron chi connectivity index (χ3n) is 3.44. The summed E-state index contributed by atoms with van der Waals surface area (Å²) in [4.78, 5) is 8.78. The maximum atomic E-state index is 5.76. The summed E-state index contributed by atoms with van der Waals surface area (Å²) in [6.07, 6.45) is 1.74. The number of para-hydroxylation sites is 2. The number of hydrogen-bond donors (Lipinski definition) is 1. The fourth-order valence-corrected chi connectivity index (χ4v) is 2.25. The molecule has 2 heterocycles. The van der Waals surface area contributed by atoms with Gasteiger partial charge in [0.15, 0.2) is 11.5 Å². The molecular weight excluding hydrogens is 302 g/mol. The van der Waals surface area contributed by atoms with Crippen LogP contribution in [0.1, 0.15) is 11.4 Å². The van der Waals surface area contributed by atoms with Crippen molar-refractivity contribution in [3.63, 3.8) is 0 Å². The van der Waals surface area contributed by atoms with E-state index in [1.165, 1.54) is 0 Å². The molecule has 2 aromatic heterocycles. The van der Waals surface area contributed by atoms with Crippen LogP contribution in [0.4, 0.5) is 5.69 Å². The quantitative estimate of drug-likeness (QED) is 0.737. The molecule has 122 valence electrons. The summed E-state index contributed by atoms with van der Waals surface area (Å²) in [5, 5.41) is 3.30. The van der Waals surface area contributed by atoms with Crippen LogP contribution in [-0.2, 0) is 6.54 Å². The zero-order chi connectivity index (χ0) is 16.8. The van der Waals surface area contributed by atoms with Crippen LogP contribution in [0.25, 0.3) is 0 Å². The predicted octanol–water partition coefficient (Wildman–Crippen LogP) is 4.20. The molecule has 0 aliphatic heterocycles. The highest BCUT2D eigenvalue weighted by Crippen LogP contribution is 2.30. The van der Waals surface area contributed by atoms with Crippen molar-refractivity contribution in [3.8, 4) is 17.4 Å². The topological polar surface area (TPSA) is 56.3 Å². The number of ether oxygens (including phenoxy) is 2. The van der Waals surface area contributed by atoms with Gasteiger partial charge in [0.05, 0.1) is 31.2 Å². The largest absolute Gasteiger partial charge is 0.493 e. The van der Waals surface area contributed by atoms with Gasteiger partial charge in [-0.2, -0.15) is 0 Å². The van der Waals surface area contributed by atoms with Crippen LogP contribution in [0.5, 0.6) is 17.4 Å². The Morgan fingerprint density at radius 1 is 0.958 bits per heavy atom. The normalized spacial score (nSPS) is 10.2. The molecule has 0 radical (unpaired) electrons. The Hall–Kier alpha value is -3.08. The number of aryl methyl sites for hydroxylation is 1. The predicted molar refractivity (Wildman–Crippen MR) is 93.6 cm³/mol. The molecule has 1 aromatic carbocycles. The molecule has 0 atom stereocenters. The van der Waals surface area contributed by atoms with E-state index in [0.29, 0.717) is 23.9 Å². The van der Waals surface area contributed by atoms with E-state index in [1.54, 1.807) is 13.3 Å². The van der Waals surface area contributed by atoms with E-state index < -0.39 is 0 Å². The van der Waals surface area contributed by atoms with E-state index in [9.17, 15) is 0 Å². The van der Waals surface area contributed by atoms with E-state index in [2.05, 4.69) is 15.3 Å². The average Bonchev–Trinajstić information content (AvgIpc) is 2.62. The summed E-state index contributed by atoms with van der Waals surface area (Å²) in [6.45, 7) is 2.63. The first-order chi connectivity index (χ1) is 11.7. The average molecular weight is 321 g/mol. The van der Waals surface area contributed by atoms with Gasteiger partial charge in [-0.25, -0.2) is 4.98 Å². The second-order valence-electron chi connectivity index (χ2n) is 5.26. The van der Waals surface area contributed by atoms with Gasteiger partial charge in [0.1, 0.15) is 0 Å². The fraction of sp³-hybridized carbons (Fsp3) is 0.158. The zero-order valence-corrected chi connectivity index (χ0v) is 13.7. The molecule has 24 heavy (non-hydrogen) atoms. The maximum absolute atomic E-state index is 5.76. The standard InChI is InChI=1S/C19H19N3O2/c1-14-6-5-7-16(22-14)13-20-15-10-11-19(21-12-15)24-18-9-4-3-8-17(18)23-2/h3-12,20H,13H2,1-2H3. The number of nitrogens with zero attached hydrogens (tertiary/aromatic N) is 2. The fourth-order valence-electron chi connectivity index (χ4n) is 2.25. The molecular formula is C19H19N3O2. The van der Waals surface area contributed by atoms with Crippen LogP contribution < -0.4 is 14.8 Å². The monoisotopic (exact) mass is 321 g/mol. The zero-order valence-electron chi connectivity index (χ0n) is 13.7. The van der Waals surface area contributed by atoms with Gasteiger partial charge in [0.25, 0.3) is 0 Å². The lowest BCUT2D eigenvalue weighted by Crippen LogP contribution is -2.02. The molecule has 0 aliphatic rings. The third kappa shape index (κ3) is 4.01. The Morgan fingerprint density at radius 2 is 1.79 bits per heavy atom. The van der Waals surface area contributed by atoms with Gasteiger partial charge in [-0.15, -0.1) is 0 Å². The number of benzene rings is 1. The van der Waals surface area contributed by atoms with Crippen molar-refractivity contribution >= 4 is 5.69 Å². The molecule has 1 N–H and O–H groups in total. The van der Waals surface area contributed by atoms with Crippen molar-refractivity contribution in [3.05, 3.63) is 72.2 Å². The van der Waals surface area contributed by atoms with E-state index >= 15 is 0 Å². The first-order valence-corrected chi connectivity index (χ1v) is 7.68. The Labute approximate surface area is 141 Å². The van der Waals surface area contributed by atoms with Crippen LogP contribution >= 0.6 is 0 Å². The third-order valence-corrected chi connectivity index (χ3v) is 3.44. The second kappa shape index (κ2) is 7.46. The lowest BCUT2D eigenvalue weighted by Gasteiger charge is -2.10. The first-order valence-electron chi connectivity index (χ1n) is 7.68. The molecule has 0 bridgehead atoms. The molecule has 0 amide bonds. The number of pyridine rings is 2. The van der Waals surface area contributed by atoms with Gasteiger partial charge in [-0.3, -0.25) is 4.98 Å². The van der Waals surface area contributed by atoms with Crippen LogP contribution in [0.3, 0.4) is 0 Å². The highest BCUT2D eigenvalue weighted by Gasteiger charge is 2.05. The molecule has 0 unspecified atom stereocenters. The number of hydrogen-bond acceptors (Lipinski definition) is 5. The summed E-state index contributed by atoms with van der Waals surface area (Å²) in [5.41, 5.74) is 2.91. The van der Waals surface area contributed by atoms with E-state index in [4.69, 9.17) is 9.47 Å². The van der Waals surface area contributed by atoms with Crippen LogP contribution in [0, 0.1) is 6.92 Å². The van der Waals surface area contributed by atoms with Crippen molar-refractivity contribution in [1.82, 2.24) is 9.97 Å². The summed E-state index contributed by atoms with van der Waals surface area (Å²) >= 11 is 0. The molecule has 3 aromatic rings. The summed E-state index contributed by atoms with van der Waals surface area (Å²) in [5.74, 6) is 1.82. The lowest BCUT2D eigenvalue weighted by atomic mass is 10.3. The number of nitrogens with one attached hydrogen (secondary N) is 1. The molecule has 0 aliphatic carbocycles. The maximum Gasteiger partial charge on any atom is 0.219 e. The Morgan fingerprint density at radius 3 is 2.50 bits per heavy atom. The molecule has 5 heteroatoms.